The molecule has 1 aromatic carbocycles. The van der Waals surface area contributed by atoms with Gasteiger partial charge in [0.05, 0.1) is 0 Å². The van der Waals surface area contributed by atoms with Crippen molar-refractivity contribution >= 4 is 5.97 Å². The standard InChI is InChI=1S/C12H12F5NO2/c1-18(4-2-3-7(19)20)5-6-8(13)10(15)12(17)11(16)9(6)14/h2-5H2,1H3,(H,19,20). The molecule has 3 nitrogen and oxygen atoms in total. The molecule has 112 valence electrons. The lowest BCUT2D eigenvalue weighted by Crippen LogP contribution is -2.22. The van der Waals surface area contributed by atoms with Gasteiger partial charge in [0.2, 0.25) is 5.82 Å². The van der Waals surface area contributed by atoms with Gasteiger partial charge < -0.3 is 10.0 Å². The molecule has 1 rings (SSSR count). The van der Waals surface area contributed by atoms with E-state index in [1.165, 1.54) is 11.9 Å². The molecule has 0 spiro atoms. The van der Waals surface area contributed by atoms with Crippen molar-refractivity contribution in [1.29, 1.82) is 0 Å². The number of hydrogen-bond donors (Lipinski definition) is 1. The van der Waals surface area contributed by atoms with Gasteiger partial charge in [-0.3, -0.25) is 4.79 Å². The molecule has 0 bridgehead atoms. The molecule has 20 heavy (non-hydrogen) atoms. The first-order valence-electron chi connectivity index (χ1n) is 5.66. The van der Waals surface area contributed by atoms with E-state index in [9.17, 15) is 26.7 Å². The zero-order valence-corrected chi connectivity index (χ0v) is 10.5. The van der Waals surface area contributed by atoms with E-state index in [1.807, 2.05) is 0 Å². The molecule has 0 radical (unpaired) electrons. The number of benzene rings is 1. The number of carboxylic acid groups (broad SMARTS) is 1. The highest BCUT2D eigenvalue weighted by Gasteiger charge is 2.26. The van der Waals surface area contributed by atoms with Gasteiger partial charge >= 0.3 is 5.97 Å². The summed E-state index contributed by atoms with van der Waals surface area (Å²) < 4.78 is 65.5. The summed E-state index contributed by atoms with van der Waals surface area (Å²) in [5.74, 6) is -10.9. The minimum Gasteiger partial charge on any atom is -0.481 e. The van der Waals surface area contributed by atoms with Crippen molar-refractivity contribution < 1.29 is 31.9 Å². The Morgan fingerprint density at radius 1 is 1.00 bits per heavy atom. The molecule has 0 amide bonds. The number of aliphatic carboxylic acids is 1. The Balaban J connectivity index is 2.85. The topological polar surface area (TPSA) is 40.5 Å². The summed E-state index contributed by atoms with van der Waals surface area (Å²) in [7, 11) is 1.39. The van der Waals surface area contributed by atoms with E-state index in [4.69, 9.17) is 5.11 Å². The molecule has 0 saturated carbocycles. The quantitative estimate of drug-likeness (QED) is 0.498. The normalized spacial score (nSPS) is 11.2. The van der Waals surface area contributed by atoms with Crippen molar-refractivity contribution in [2.24, 2.45) is 0 Å². The van der Waals surface area contributed by atoms with E-state index in [2.05, 4.69) is 0 Å². The SMILES string of the molecule is CN(CCCC(=O)O)Cc1c(F)c(F)c(F)c(F)c1F. The lowest BCUT2D eigenvalue weighted by Gasteiger charge is -2.17. The van der Waals surface area contributed by atoms with Gasteiger partial charge in [-0.2, -0.15) is 0 Å². The van der Waals surface area contributed by atoms with Gasteiger partial charge in [0.15, 0.2) is 23.3 Å². The van der Waals surface area contributed by atoms with Crippen molar-refractivity contribution in [3.63, 3.8) is 0 Å². The second-order valence-corrected chi connectivity index (χ2v) is 4.28. The molecular formula is C12H12F5NO2. The van der Waals surface area contributed by atoms with Crippen LogP contribution in [0.5, 0.6) is 0 Å². The highest BCUT2D eigenvalue weighted by Crippen LogP contribution is 2.23. The largest absolute Gasteiger partial charge is 0.481 e. The smallest absolute Gasteiger partial charge is 0.303 e. The monoisotopic (exact) mass is 297 g/mol. The number of carboxylic acids is 1. The fourth-order valence-corrected chi connectivity index (χ4v) is 1.64. The number of rotatable bonds is 6. The van der Waals surface area contributed by atoms with E-state index in [0.717, 1.165) is 0 Å². The van der Waals surface area contributed by atoms with Crippen LogP contribution < -0.4 is 0 Å². The molecule has 0 saturated heterocycles. The van der Waals surface area contributed by atoms with E-state index in [-0.39, 0.29) is 19.4 Å². The summed E-state index contributed by atoms with van der Waals surface area (Å²) >= 11 is 0. The Morgan fingerprint density at radius 3 is 1.90 bits per heavy atom. The van der Waals surface area contributed by atoms with Gasteiger partial charge in [-0.15, -0.1) is 0 Å². The van der Waals surface area contributed by atoms with Crippen LogP contribution in [0.15, 0.2) is 0 Å². The van der Waals surface area contributed by atoms with Crippen molar-refractivity contribution in [3.05, 3.63) is 34.6 Å². The first-order valence-corrected chi connectivity index (χ1v) is 5.66. The predicted molar refractivity (Wildman–Crippen MR) is 59.4 cm³/mol. The summed E-state index contributed by atoms with van der Waals surface area (Å²) in [5, 5.41) is 8.43. The lowest BCUT2D eigenvalue weighted by molar-refractivity contribution is -0.137. The molecule has 0 aliphatic carbocycles. The maximum absolute atomic E-state index is 13.4. The Labute approximate surface area is 111 Å². The summed E-state index contributed by atoms with van der Waals surface area (Å²) in [6.45, 7) is -0.364. The Bertz CT molecular complexity index is 492. The van der Waals surface area contributed by atoms with Crippen LogP contribution in [0.1, 0.15) is 18.4 Å². The van der Waals surface area contributed by atoms with Crippen molar-refractivity contribution in [1.82, 2.24) is 4.90 Å². The molecular weight excluding hydrogens is 285 g/mol. The van der Waals surface area contributed by atoms with Crippen LogP contribution in [0.25, 0.3) is 0 Å². The fourth-order valence-electron chi connectivity index (χ4n) is 1.64. The second-order valence-electron chi connectivity index (χ2n) is 4.28. The van der Waals surface area contributed by atoms with E-state index >= 15 is 0 Å². The molecule has 1 N–H and O–H groups in total. The molecule has 0 fully saturated rings. The fraction of sp³-hybridized carbons (Fsp3) is 0.417. The van der Waals surface area contributed by atoms with E-state index < -0.39 is 47.2 Å². The van der Waals surface area contributed by atoms with Crippen LogP contribution in [0.3, 0.4) is 0 Å². The third-order valence-electron chi connectivity index (χ3n) is 2.66. The third kappa shape index (κ3) is 3.66. The second kappa shape index (κ2) is 6.65. The van der Waals surface area contributed by atoms with Crippen molar-refractivity contribution in [3.8, 4) is 0 Å². The molecule has 0 aromatic heterocycles. The number of nitrogens with zero attached hydrogens (tertiary/aromatic N) is 1. The van der Waals surface area contributed by atoms with Gasteiger partial charge in [-0.05, 0) is 20.0 Å². The Kier molecular flexibility index (Phi) is 5.43. The number of hydrogen-bond acceptors (Lipinski definition) is 2. The van der Waals surface area contributed by atoms with Crippen LogP contribution in [0.2, 0.25) is 0 Å². The van der Waals surface area contributed by atoms with Gasteiger partial charge in [0.25, 0.3) is 0 Å². The Hall–Kier alpha value is -1.70. The molecule has 0 heterocycles. The maximum atomic E-state index is 13.4. The van der Waals surface area contributed by atoms with Crippen LogP contribution >= 0.6 is 0 Å². The molecule has 0 aliphatic rings. The lowest BCUT2D eigenvalue weighted by atomic mass is 10.1. The van der Waals surface area contributed by atoms with Crippen molar-refractivity contribution in [2.75, 3.05) is 13.6 Å². The average Bonchev–Trinajstić information content (AvgIpc) is 2.39. The predicted octanol–water partition coefficient (Wildman–Crippen LogP) is 2.68. The zero-order valence-electron chi connectivity index (χ0n) is 10.5. The average molecular weight is 297 g/mol. The molecule has 0 atom stereocenters. The van der Waals surface area contributed by atoms with Gasteiger partial charge in [0, 0.05) is 18.5 Å². The minimum atomic E-state index is -2.20. The molecule has 1 aromatic rings. The molecule has 0 aliphatic heterocycles. The van der Waals surface area contributed by atoms with Gasteiger partial charge in [0.1, 0.15) is 0 Å². The summed E-state index contributed by atoms with van der Waals surface area (Å²) in [6, 6.07) is 0. The third-order valence-corrected chi connectivity index (χ3v) is 2.66. The first kappa shape index (κ1) is 16.4. The number of halogens is 5. The van der Waals surface area contributed by atoms with Crippen LogP contribution in [-0.2, 0) is 11.3 Å². The Morgan fingerprint density at radius 2 is 1.45 bits per heavy atom. The molecule has 8 heteroatoms. The zero-order chi connectivity index (χ0) is 15.4. The van der Waals surface area contributed by atoms with Crippen LogP contribution in [0.4, 0.5) is 22.0 Å². The first-order chi connectivity index (χ1) is 9.25. The summed E-state index contributed by atoms with van der Waals surface area (Å²) in [5.41, 5.74) is -0.931. The summed E-state index contributed by atoms with van der Waals surface area (Å²) in [4.78, 5) is 11.6. The summed E-state index contributed by atoms with van der Waals surface area (Å²) in [6.07, 6.45) is 0.0443. The minimum absolute atomic E-state index is 0.145. The molecule has 0 unspecified atom stereocenters. The van der Waals surface area contributed by atoms with E-state index in [1.54, 1.807) is 0 Å². The van der Waals surface area contributed by atoms with Crippen LogP contribution in [-0.4, -0.2) is 29.6 Å². The van der Waals surface area contributed by atoms with Gasteiger partial charge in [-0.1, -0.05) is 0 Å². The highest BCUT2D eigenvalue weighted by molar-refractivity contribution is 5.66. The maximum Gasteiger partial charge on any atom is 0.303 e. The van der Waals surface area contributed by atoms with E-state index in [0.29, 0.717) is 0 Å². The highest BCUT2D eigenvalue weighted by atomic mass is 19.2. The van der Waals surface area contributed by atoms with Crippen molar-refractivity contribution in [2.45, 2.75) is 19.4 Å². The van der Waals surface area contributed by atoms with Gasteiger partial charge in [-0.25, -0.2) is 22.0 Å². The number of carbonyl (C=O) groups is 1. The van der Waals surface area contributed by atoms with Crippen LogP contribution in [0, 0.1) is 29.1 Å².